The summed E-state index contributed by atoms with van der Waals surface area (Å²) in [6, 6.07) is 0.481. The normalized spacial score (nSPS) is 30.2. The number of hydrogen-bond donors (Lipinski definition) is 1. The van der Waals surface area contributed by atoms with E-state index in [0.717, 1.165) is 25.3 Å². The van der Waals surface area contributed by atoms with Crippen LogP contribution in [0.5, 0.6) is 0 Å². The third-order valence-corrected chi connectivity index (χ3v) is 5.81. The molecule has 0 bridgehead atoms. The first-order valence-corrected chi connectivity index (χ1v) is 9.55. The van der Waals surface area contributed by atoms with E-state index in [1.165, 1.54) is 24.7 Å². The van der Waals surface area contributed by atoms with Gasteiger partial charge in [-0.25, -0.2) is 12.7 Å². The van der Waals surface area contributed by atoms with Crippen LogP contribution in [0.1, 0.15) is 39.5 Å². The van der Waals surface area contributed by atoms with Crippen molar-refractivity contribution >= 4 is 10.0 Å². The first-order valence-electron chi connectivity index (χ1n) is 7.70. The molecule has 1 aliphatic heterocycles. The van der Waals surface area contributed by atoms with Gasteiger partial charge in [-0.2, -0.15) is 0 Å². The zero-order valence-electron chi connectivity index (χ0n) is 12.9. The van der Waals surface area contributed by atoms with Crippen molar-refractivity contribution < 1.29 is 8.42 Å². The van der Waals surface area contributed by atoms with Crippen molar-refractivity contribution in [3.05, 3.63) is 11.6 Å². The number of allylic oxidation sites excluding steroid dienone is 2. The molecule has 2 rings (SSSR count). The number of rotatable bonds is 4. The van der Waals surface area contributed by atoms with Crippen LogP contribution in [0.3, 0.4) is 0 Å². The summed E-state index contributed by atoms with van der Waals surface area (Å²) in [5.74, 6) is 1.44. The summed E-state index contributed by atoms with van der Waals surface area (Å²) in [6.45, 7) is 6.92. The van der Waals surface area contributed by atoms with Gasteiger partial charge in [-0.3, -0.25) is 0 Å². The fourth-order valence-electron chi connectivity index (χ4n) is 3.57. The molecular weight excluding hydrogens is 272 g/mol. The molecule has 0 radical (unpaired) electrons. The molecule has 2 unspecified atom stereocenters. The maximum Gasteiger partial charge on any atom is 0.211 e. The maximum absolute atomic E-state index is 11.5. The van der Waals surface area contributed by atoms with E-state index in [0.29, 0.717) is 25.0 Å². The Hall–Kier alpha value is -0.390. The molecule has 2 aliphatic rings. The second-order valence-corrected chi connectivity index (χ2v) is 8.62. The Balaban J connectivity index is 1.73. The highest BCUT2D eigenvalue weighted by Gasteiger charge is 2.25. The lowest BCUT2D eigenvalue weighted by molar-refractivity contribution is 0.272. The van der Waals surface area contributed by atoms with E-state index in [1.54, 1.807) is 4.31 Å². The van der Waals surface area contributed by atoms with E-state index in [-0.39, 0.29) is 0 Å². The van der Waals surface area contributed by atoms with Crippen molar-refractivity contribution in [3.63, 3.8) is 0 Å². The average molecular weight is 300 g/mol. The molecular formula is C15H28N2O2S. The van der Waals surface area contributed by atoms with E-state index in [9.17, 15) is 8.42 Å². The number of piperidine rings is 1. The zero-order valence-corrected chi connectivity index (χ0v) is 13.7. The van der Waals surface area contributed by atoms with Crippen LogP contribution >= 0.6 is 0 Å². The fraction of sp³-hybridized carbons (Fsp3) is 0.867. The van der Waals surface area contributed by atoms with Gasteiger partial charge in [0.05, 0.1) is 6.26 Å². The molecule has 0 aromatic rings. The molecule has 0 saturated carbocycles. The Morgan fingerprint density at radius 3 is 2.55 bits per heavy atom. The Kier molecular flexibility index (Phi) is 5.26. The van der Waals surface area contributed by atoms with E-state index in [2.05, 4.69) is 25.2 Å². The lowest BCUT2D eigenvalue weighted by atomic mass is 9.83. The molecule has 0 aromatic carbocycles. The summed E-state index contributed by atoms with van der Waals surface area (Å²) in [5.41, 5.74) is 1.52. The van der Waals surface area contributed by atoms with Gasteiger partial charge in [-0.15, -0.1) is 0 Å². The van der Waals surface area contributed by atoms with Crippen LogP contribution in [-0.2, 0) is 10.0 Å². The monoisotopic (exact) mass is 300 g/mol. The summed E-state index contributed by atoms with van der Waals surface area (Å²) in [7, 11) is -3.00. The van der Waals surface area contributed by atoms with Gasteiger partial charge in [-0.1, -0.05) is 18.6 Å². The molecule has 0 aromatic heterocycles. The summed E-state index contributed by atoms with van der Waals surface area (Å²) in [5, 5.41) is 3.66. The van der Waals surface area contributed by atoms with Crippen molar-refractivity contribution in [2.24, 2.45) is 11.8 Å². The van der Waals surface area contributed by atoms with E-state index in [1.807, 2.05) is 0 Å². The SMILES string of the molecule is CC1=CC(C)CC(CNC2CCN(S(C)(=O)=O)CC2)C1. The quantitative estimate of drug-likeness (QED) is 0.808. The maximum atomic E-state index is 11.5. The van der Waals surface area contributed by atoms with Crippen LogP contribution in [0.2, 0.25) is 0 Å². The topological polar surface area (TPSA) is 49.4 Å². The fourth-order valence-corrected chi connectivity index (χ4v) is 4.44. The number of sulfonamides is 1. The minimum Gasteiger partial charge on any atom is -0.314 e. The molecule has 2 atom stereocenters. The van der Waals surface area contributed by atoms with E-state index in [4.69, 9.17) is 0 Å². The van der Waals surface area contributed by atoms with Gasteiger partial charge in [0.2, 0.25) is 10.0 Å². The molecule has 1 heterocycles. The molecule has 1 saturated heterocycles. The third-order valence-electron chi connectivity index (χ3n) is 4.50. The first-order chi connectivity index (χ1) is 9.34. The molecule has 1 N–H and O–H groups in total. The molecule has 0 spiro atoms. The highest BCUT2D eigenvalue weighted by atomic mass is 32.2. The number of nitrogens with zero attached hydrogens (tertiary/aromatic N) is 1. The van der Waals surface area contributed by atoms with Crippen LogP contribution in [0.15, 0.2) is 11.6 Å². The van der Waals surface area contributed by atoms with Crippen LogP contribution in [-0.4, -0.2) is 44.7 Å². The van der Waals surface area contributed by atoms with Gasteiger partial charge in [0.25, 0.3) is 0 Å². The van der Waals surface area contributed by atoms with Gasteiger partial charge in [-0.05, 0) is 51.0 Å². The summed E-state index contributed by atoms with van der Waals surface area (Å²) in [4.78, 5) is 0. The molecule has 4 nitrogen and oxygen atoms in total. The third kappa shape index (κ3) is 4.57. The lowest BCUT2D eigenvalue weighted by Gasteiger charge is -2.33. The minimum atomic E-state index is -3.00. The standard InChI is InChI=1S/C15H28N2O2S/c1-12-8-13(2)10-14(9-12)11-16-15-4-6-17(7-5-15)20(3,18)19/h8,12,14-16H,4-7,9-11H2,1-3H3. The zero-order chi connectivity index (χ0) is 14.8. The van der Waals surface area contributed by atoms with E-state index >= 15 is 0 Å². The molecule has 116 valence electrons. The van der Waals surface area contributed by atoms with Crippen molar-refractivity contribution in [3.8, 4) is 0 Å². The second-order valence-electron chi connectivity index (χ2n) is 6.64. The predicted molar refractivity (Wildman–Crippen MR) is 83.1 cm³/mol. The van der Waals surface area contributed by atoms with Gasteiger partial charge in [0.1, 0.15) is 0 Å². The van der Waals surface area contributed by atoms with Crippen molar-refractivity contribution in [1.82, 2.24) is 9.62 Å². The Morgan fingerprint density at radius 2 is 2.00 bits per heavy atom. The smallest absolute Gasteiger partial charge is 0.211 e. The van der Waals surface area contributed by atoms with Crippen LogP contribution < -0.4 is 5.32 Å². The largest absolute Gasteiger partial charge is 0.314 e. The van der Waals surface area contributed by atoms with Gasteiger partial charge < -0.3 is 5.32 Å². The molecule has 0 amide bonds. The first kappa shape index (κ1) is 16.0. The second kappa shape index (κ2) is 6.58. The van der Waals surface area contributed by atoms with Gasteiger partial charge in [0, 0.05) is 19.1 Å². The highest BCUT2D eigenvalue weighted by Crippen LogP contribution is 2.27. The number of nitrogens with one attached hydrogen (secondary N) is 1. The Morgan fingerprint density at radius 1 is 1.35 bits per heavy atom. The van der Waals surface area contributed by atoms with Crippen LogP contribution in [0, 0.1) is 11.8 Å². The summed E-state index contributed by atoms with van der Waals surface area (Å²) < 4.78 is 24.5. The molecule has 1 aliphatic carbocycles. The molecule has 5 heteroatoms. The van der Waals surface area contributed by atoms with Crippen LogP contribution in [0.4, 0.5) is 0 Å². The lowest BCUT2D eigenvalue weighted by Crippen LogP contribution is -2.45. The highest BCUT2D eigenvalue weighted by molar-refractivity contribution is 7.88. The Labute approximate surface area is 123 Å². The number of hydrogen-bond acceptors (Lipinski definition) is 3. The summed E-state index contributed by atoms with van der Waals surface area (Å²) >= 11 is 0. The van der Waals surface area contributed by atoms with E-state index < -0.39 is 10.0 Å². The Bertz CT molecular complexity index is 450. The van der Waals surface area contributed by atoms with Crippen molar-refractivity contribution in [2.75, 3.05) is 25.9 Å². The van der Waals surface area contributed by atoms with Gasteiger partial charge in [0.15, 0.2) is 0 Å². The van der Waals surface area contributed by atoms with Crippen molar-refractivity contribution in [2.45, 2.75) is 45.6 Å². The minimum absolute atomic E-state index is 0.481. The average Bonchev–Trinajstić information content (AvgIpc) is 2.35. The van der Waals surface area contributed by atoms with Crippen molar-refractivity contribution in [1.29, 1.82) is 0 Å². The predicted octanol–water partition coefficient (Wildman–Crippen LogP) is 1.99. The molecule has 1 fully saturated rings. The molecule has 20 heavy (non-hydrogen) atoms. The van der Waals surface area contributed by atoms with Gasteiger partial charge >= 0.3 is 0 Å². The summed E-state index contributed by atoms with van der Waals surface area (Å²) in [6.07, 6.45) is 8.04. The van der Waals surface area contributed by atoms with Crippen LogP contribution in [0.25, 0.3) is 0 Å².